The Bertz CT molecular complexity index is 678. The van der Waals surface area contributed by atoms with E-state index in [4.69, 9.17) is 10.2 Å². The van der Waals surface area contributed by atoms with E-state index in [9.17, 15) is 4.79 Å². The zero-order valence-electron chi connectivity index (χ0n) is 13.6. The van der Waals surface area contributed by atoms with E-state index in [1.165, 1.54) is 23.8 Å². The van der Waals surface area contributed by atoms with Crippen molar-refractivity contribution in [3.8, 4) is 0 Å². The number of aryl methyl sites for hydroxylation is 1. The second kappa shape index (κ2) is 7.01. The van der Waals surface area contributed by atoms with Gasteiger partial charge in [-0.25, -0.2) is 0 Å². The Kier molecular flexibility index (Phi) is 4.82. The van der Waals surface area contributed by atoms with Gasteiger partial charge >= 0.3 is 0 Å². The molecule has 0 saturated carbocycles. The van der Waals surface area contributed by atoms with Crippen LogP contribution >= 0.6 is 0 Å². The summed E-state index contributed by atoms with van der Waals surface area (Å²) < 4.78 is 5.34. The van der Waals surface area contributed by atoms with Crippen LogP contribution in [0.15, 0.2) is 41.0 Å². The van der Waals surface area contributed by atoms with Crippen molar-refractivity contribution in [1.29, 1.82) is 0 Å². The molecule has 2 N–H and O–H groups in total. The molecule has 1 aliphatic heterocycles. The maximum atomic E-state index is 13.0. The Hall–Kier alpha value is -2.07. The third-order valence-electron chi connectivity index (χ3n) is 4.54. The molecule has 4 heteroatoms. The molecule has 1 aromatic heterocycles. The van der Waals surface area contributed by atoms with Gasteiger partial charge in [0.15, 0.2) is 0 Å². The molecule has 1 fully saturated rings. The third kappa shape index (κ3) is 3.48. The van der Waals surface area contributed by atoms with Crippen LogP contribution < -0.4 is 5.73 Å². The number of nitrogens with zero attached hydrogens (tertiary/aromatic N) is 1. The molecular formula is C19H24N2O2. The molecule has 122 valence electrons. The normalized spacial score (nSPS) is 18.7. The standard InChI is InChI=1S/C19H24N2O2/c1-14-6-5-7-15(10-14)18-8-3-2-4-9-21(18)19(22)16-11-17(12-20)23-13-16/h5-7,10-11,13,18H,2-4,8-9,12,20H2,1H3. The summed E-state index contributed by atoms with van der Waals surface area (Å²) in [4.78, 5) is 15.0. The Morgan fingerprint density at radius 1 is 1.30 bits per heavy atom. The monoisotopic (exact) mass is 312 g/mol. The van der Waals surface area contributed by atoms with Gasteiger partial charge in [-0.1, -0.05) is 42.7 Å². The minimum atomic E-state index is 0.0434. The molecule has 1 atom stereocenters. The molecule has 23 heavy (non-hydrogen) atoms. The molecule has 4 nitrogen and oxygen atoms in total. The molecule has 1 amide bonds. The number of amides is 1. The smallest absolute Gasteiger partial charge is 0.257 e. The number of hydrogen-bond donors (Lipinski definition) is 1. The van der Waals surface area contributed by atoms with Gasteiger partial charge in [0.05, 0.1) is 18.2 Å². The van der Waals surface area contributed by atoms with Crippen LogP contribution in [0, 0.1) is 6.92 Å². The maximum Gasteiger partial charge on any atom is 0.257 e. The van der Waals surface area contributed by atoms with Crippen molar-refractivity contribution in [3.05, 3.63) is 59.0 Å². The van der Waals surface area contributed by atoms with Crippen molar-refractivity contribution in [3.63, 3.8) is 0 Å². The number of carbonyl (C=O) groups excluding carboxylic acids is 1. The van der Waals surface area contributed by atoms with E-state index >= 15 is 0 Å². The highest BCUT2D eigenvalue weighted by Crippen LogP contribution is 2.32. The summed E-state index contributed by atoms with van der Waals surface area (Å²) in [5.74, 6) is 0.692. The lowest BCUT2D eigenvalue weighted by Gasteiger charge is -2.30. The van der Waals surface area contributed by atoms with E-state index in [0.717, 1.165) is 25.8 Å². The highest BCUT2D eigenvalue weighted by atomic mass is 16.3. The maximum absolute atomic E-state index is 13.0. The summed E-state index contributed by atoms with van der Waals surface area (Å²) in [5.41, 5.74) is 8.64. The molecule has 1 aromatic carbocycles. The van der Waals surface area contributed by atoms with E-state index in [0.29, 0.717) is 17.9 Å². The Labute approximate surface area is 137 Å². The average Bonchev–Trinajstić information content (AvgIpc) is 2.91. The molecule has 2 aromatic rings. The number of furan rings is 1. The fourth-order valence-electron chi connectivity index (χ4n) is 3.34. The first-order valence-corrected chi connectivity index (χ1v) is 8.34. The highest BCUT2D eigenvalue weighted by Gasteiger charge is 2.28. The van der Waals surface area contributed by atoms with Crippen LogP contribution in [0.25, 0.3) is 0 Å². The molecule has 0 aliphatic carbocycles. The molecule has 1 aliphatic rings. The number of benzene rings is 1. The molecule has 2 heterocycles. The van der Waals surface area contributed by atoms with E-state index in [-0.39, 0.29) is 11.9 Å². The summed E-state index contributed by atoms with van der Waals surface area (Å²) >= 11 is 0. The molecule has 0 bridgehead atoms. The second-order valence-electron chi connectivity index (χ2n) is 6.28. The van der Waals surface area contributed by atoms with Crippen molar-refractivity contribution in [1.82, 2.24) is 4.90 Å². The summed E-state index contributed by atoms with van der Waals surface area (Å²) in [6.45, 7) is 3.20. The Balaban J connectivity index is 1.90. The van der Waals surface area contributed by atoms with Crippen molar-refractivity contribution < 1.29 is 9.21 Å². The molecule has 1 saturated heterocycles. The predicted molar refractivity (Wildman–Crippen MR) is 90.0 cm³/mol. The molecule has 3 rings (SSSR count). The minimum Gasteiger partial charge on any atom is -0.467 e. The summed E-state index contributed by atoms with van der Waals surface area (Å²) in [6.07, 6.45) is 5.92. The van der Waals surface area contributed by atoms with Crippen LogP contribution in [-0.2, 0) is 6.54 Å². The van der Waals surface area contributed by atoms with Gasteiger partial charge in [0.1, 0.15) is 12.0 Å². The van der Waals surface area contributed by atoms with E-state index in [1.807, 2.05) is 4.90 Å². The van der Waals surface area contributed by atoms with Gasteiger partial charge in [-0.15, -0.1) is 0 Å². The number of hydrogen-bond acceptors (Lipinski definition) is 3. The van der Waals surface area contributed by atoms with Crippen LogP contribution in [-0.4, -0.2) is 17.4 Å². The first-order chi connectivity index (χ1) is 11.2. The molecule has 0 radical (unpaired) electrons. The van der Waals surface area contributed by atoms with E-state index in [2.05, 4.69) is 31.2 Å². The van der Waals surface area contributed by atoms with Gasteiger partial charge in [-0.2, -0.15) is 0 Å². The zero-order valence-corrected chi connectivity index (χ0v) is 13.6. The van der Waals surface area contributed by atoms with Gasteiger partial charge in [0.25, 0.3) is 5.91 Å². The fraction of sp³-hybridized carbons (Fsp3) is 0.421. The molecular weight excluding hydrogens is 288 g/mol. The molecule has 1 unspecified atom stereocenters. The summed E-state index contributed by atoms with van der Waals surface area (Å²) in [7, 11) is 0. The van der Waals surface area contributed by atoms with Crippen molar-refractivity contribution in [2.45, 2.75) is 45.2 Å². The van der Waals surface area contributed by atoms with Gasteiger partial charge in [0, 0.05) is 6.54 Å². The first kappa shape index (κ1) is 15.8. The van der Waals surface area contributed by atoms with Crippen LogP contribution in [0.5, 0.6) is 0 Å². The topological polar surface area (TPSA) is 59.5 Å². The van der Waals surface area contributed by atoms with Gasteiger partial charge in [-0.3, -0.25) is 4.79 Å². The van der Waals surface area contributed by atoms with Gasteiger partial charge in [-0.05, 0) is 31.4 Å². The molecule has 0 spiro atoms. The van der Waals surface area contributed by atoms with Crippen molar-refractivity contribution in [2.75, 3.05) is 6.54 Å². The number of likely N-dealkylation sites (tertiary alicyclic amines) is 1. The van der Waals surface area contributed by atoms with Crippen molar-refractivity contribution in [2.24, 2.45) is 5.73 Å². The number of nitrogens with two attached hydrogens (primary N) is 1. The number of rotatable bonds is 3. The van der Waals surface area contributed by atoms with Gasteiger partial charge < -0.3 is 15.1 Å². The van der Waals surface area contributed by atoms with Crippen LogP contribution in [0.4, 0.5) is 0 Å². The summed E-state index contributed by atoms with van der Waals surface area (Å²) in [5, 5.41) is 0. The SMILES string of the molecule is Cc1cccc(C2CCCCCN2C(=O)c2coc(CN)c2)c1. The van der Waals surface area contributed by atoms with Crippen molar-refractivity contribution >= 4 is 5.91 Å². The van der Waals surface area contributed by atoms with Crippen LogP contribution in [0.1, 0.15) is 59.0 Å². The first-order valence-electron chi connectivity index (χ1n) is 8.34. The quantitative estimate of drug-likeness (QED) is 0.937. The van der Waals surface area contributed by atoms with Crippen LogP contribution in [0.3, 0.4) is 0 Å². The lowest BCUT2D eigenvalue weighted by atomic mass is 9.98. The minimum absolute atomic E-state index is 0.0434. The second-order valence-corrected chi connectivity index (χ2v) is 6.28. The van der Waals surface area contributed by atoms with Gasteiger partial charge in [0.2, 0.25) is 0 Å². The fourth-order valence-corrected chi connectivity index (χ4v) is 3.34. The average molecular weight is 312 g/mol. The predicted octanol–water partition coefficient (Wildman–Crippen LogP) is 3.80. The lowest BCUT2D eigenvalue weighted by Crippen LogP contribution is -2.34. The largest absolute Gasteiger partial charge is 0.467 e. The van der Waals surface area contributed by atoms with Crippen LogP contribution in [0.2, 0.25) is 0 Å². The highest BCUT2D eigenvalue weighted by molar-refractivity contribution is 5.94. The van der Waals surface area contributed by atoms with E-state index < -0.39 is 0 Å². The summed E-state index contributed by atoms with van der Waals surface area (Å²) in [6, 6.07) is 10.4. The third-order valence-corrected chi connectivity index (χ3v) is 4.54. The number of carbonyl (C=O) groups is 1. The Morgan fingerprint density at radius 2 is 2.17 bits per heavy atom. The van der Waals surface area contributed by atoms with E-state index in [1.54, 1.807) is 6.07 Å². The Morgan fingerprint density at radius 3 is 2.91 bits per heavy atom. The lowest BCUT2D eigenvalue weighted by molar-refractivity contribution is 0.0680. The zero-order chi connectivity index (χ0) is 16.2.